The zero-order valence-electron chi connectivity index (χ0n) is 14.2. The standard InChI is InChI=1S/C18H21N3O4/c1-14-11-16(19-25-14)18(23)21(12-15-5-3-2-4-6-15)13-17(22)20-7-9-24-10-8-20/h2-6,11H,7-10,12-13H2,1H3. The first-order chi connectivity index (χ1) is 12.1. The summed E-state index contributed by atoms with van der Waals surface area (Å²) >= 11 is 0. The molecule has 1 aliphatic heterocycles. The summed E-state index contributed by atoms with van der Waals surface area (Å²) in [4.78, 5) is 28.6. The Morgan fingerprint density at radius 1 is 1.20 bits per heavy atom. The molecule has 1 aliphatic rings. The molecule has 2 aromatic rings. The minimum Gasteiger partial charge on any atom is -0.378 e. The van der Waals surface area contributed by atoms with Gasteiger partial charge in [-0.2, -0.15) is 0 Å². The Bertz CT molecular complexity index is 723. The van der Waals surface area contributed by atoms with Crippen molar-refractivity contribution in [2.45, 2.75) is 13.5 Å². The van der Waals surface area contributed by atoms with Crippen LogP contribution in [0.1, 0.15) is 21.8 Å². The molecule has 1 fully saturated rings. The molecule has 0 radical (unpaired) electrons. The maximum atomic E-state index is 12.8. The van der Waals surface area contributed by atoms with E-state index < -0.39 is 0 Å². The van der Waals surface area contributed by atoms with Crippen molar-refractivity contribution < 1.29 is 18.8 Å². The van der Waals surface area contributed by atoms with Crippen molar-refractivity contribution in [2.75, 3.05) is 32.8 Å². The van der Waals surface area contributed by atoms with Crippen molar-refractivity contribution in [3.05, 3.63) is 53.4 Å². The minimum atomic E-state index is -0.317. The van der Waals surface area contributed by atoms with Gasteiger partial charge in [-0.05, 0) is 12.5 Å². The average molecular weight is 343 g/mol. The van der Waals surface area contributed by atoms with Crippen molar-refractivity contribution in [3.8, 4) is 0 Å². The smallest absolute Gasteiger partial charge is 0.276 e. The number of amides is 2. The minimum absolute atomic E-state index is 0.000362. The quantitative estimate of drug-likeness (QED) is 0.822. The first-order valence-corrected chi connectivity index (χ1v) is 8.25. The lowest BCUT2D eigenvalue weighted by Crippen LogP contribution is -2.47. The van der Waals surface area contributed by atoms with Crippen LogP contribution < -0.4 is 0 Å². The predicted molar refractivity (Wildman–Crippen MR) is 89.8 cm³/mol. The monoisotopic (exact) mass is 343 g/mol. The molecule has 0 N–H and O–H groups in total. The summed E-state index contributed by atoms with van der Waals surface area (Å²) in [6.45, 7) is 4.22. The number of morpholine rings is 1. The van der Waals surface area contributed by atoms with Gasteiger partial charge in [-0.15, -0.1) is 0 Å². The highest BCUT2D eigenvalue weighted by Crippen LogP contribution is 2.12. The lowest BCUT2D eigenvalue weighted by molar-refractivity contribution is -0.136. The second kappa shape index (κ2) is 7.94. The number of benzene rings is 1. The molecule has 2 heterocycles. The van der Waals surface area contributed by atoms with Crippen LogP contribution in [-0.4, -0.2) is 59.6 Å². The molecule has 7 nitrogen and oxygen atoms in total. The van der Waals surface area contributed by atoms with Gasteiger partial charge in [0.2, 0.25) is 5.91 Å². The van der Waals surface area contributed by atoms with Crippen molar-refractivity contribution in [1.82, 2.24) is 15.0 Å². The Hall–Kier alpha value is -2.67. The van der Waals surface area contributed by atoms with Crippen molar-refractivity contribution in [3.63, 3.8) is 0 Å². The maximum Gasteiger partial charge on any atom is 0.276 e. The first kappa shape index (κ1) is 17.2. The van der Waals surface area contributed by atoms with Gasteiger partial charge < -0.3 is 19.1 Å². The van der Waals surface area contributed by atoms with E-state index in [9.17, 15) is 9.59 Å². The van der Waals surface area contributed by atoms with E-state index in [-0.39, 0.29) is 24.1 Å². The van der Waals surface area contributed by atoms with Gasteiger partial charge >= 0.3 is 0 Å². The molecule has 1 saturated heterocycles. The molecule has 0 saturated carbocycles. The Labute approximate surface area is 146 Å². The molecule has 7 heteroatoms. The molecule has 0 spiro atoms. The Kier molecular flexibility index (Phi) is 5.45. The Morgan fingerprint density at radius 2 is 1.92 bits per heavy atom. The Morgan fingerprint density at radius 3 is 2.56 bits per heavy atom. The molecule has 0 aliphatic carbocycles. The zero-order chi connectivity index (χ0) is 17.6. The Balaban J connectivity index is 1.75. The summed E-state index contributed by atoms with van der Waals surface area (Å²) in [5, 5.41) is 3.79. The van der Waals surface area contributed by atoms with E-state index in [2.05, 4.69) is 5.16 Å². The highest BCUT2D eigenvalue weighted by atomic mass is 16.5. The maximum absolute atomic E-state index is 12.8. The topological polar surface area (TPSA) is 75.9 Å². The van der Waals surface area contributed by atoms with Crippen molar-refractivity contribution in [2.24, 2.45) is 0 Å². The molecule has 3 rings (SSSR count). The van der Waals surface area contributed by atoms with E-state index >= 15 is 0 Å². The third kappa shape index (κ3) is 4.45. The SMILES string of the molecule is Cc1cc(C(=O)N(CC(=O)N2CCOCC2)Cc2ccccc2)no1. The van der Waals surface area contributed by atoms with Crippen LogP contribution in [0.25, 0.3) is 0 Å². The van der Waals surface area contributed by atoms with Crippen molar-refractivity contribution >= 4 is 11.8 Å². The molecule has 132 valence electrons. The largest absolute Gasteiger partial charge is 0.378 e. The lowest BCUT2D eigenvalue weighted by Gasteiger charge is -2.29. The van der Waals surface area contributed by atoms with Gasteiger partial charge in [0.15, 0.2) is 5.69 Å². The summed E-state index contributed by atoms with van der Waals surface area (Å²) in [7, 11) is 0. The van der Waals surface area contributed by atoms with Gasteiger partial charge in [0, 0.05) is 25.7 Å². The molecular weight excluding hydrogens is 322 g/mol. The number of nitrogens with zero attached hydrogens (tertiary/aromatic N) is 3. The van der Waals surface area contributed by atoms with Crippen LogP contribution in [0.15, 0.2) is 40.9 Å². The second-order valence-corrected chi connectivity index (χ2v) is 5.96. The van der Waals surface area contributed by atoms with Crippen LogP contribution in [-0.2, 0) is 16.1 Å². The van der Waals surface area contributed by atoms with Crippen LogP contribution in [0.4, 0.5) is 0 Å². The van der Waals surface area contributed by atoms with E-state index in [1.807, 2.05) is 30.3 Å². The van der Waals surface area contributed by atoms with Crippen LogP contribution in [0.3, 0.4) is 0 Å². The fourth-order valence-electron chi connectivity index (χ4n) is 2.71. The van der Waals surface area contributed by atoms with Gasteiger partial charge in [-0.3, -0.25) is 9.59 Å². The van der Waals surface area contributed by atoms with E-state index in [0.717, 1.165) is 5.56 Å². The molecule has 2 amide bonds. The number of hydrogen-bond acceptors (Lipinski definition) is 5. The highest BCUT2D eigenvalue weighted by Gasteiger charge is 2.25. The summed E-state index contributed by atoms with van der Waals surface area (Å²) in [6.07, 6.45) is 0. The number of ether oxygens (including phenoxy) is 1. The number of rotatable bonds is 5. The second-order valence-electron chi connectivity index (χ2n) is 5.96. The third-order valence-corrected chi connectivity index (χ3v) is 4.04. The van der Waals surface area contributed by atoms with E-state index in [4.69, 9.17) is 9.26 Å². The van der Waals surface area contributed by atoms with E-state index in [0.29, 0.717) is 38.6 Å². The summed E-state index contributed by atoms with van der Waals surface area (Å²) in [5.74, 6) is 0.151. The van der Waals surface area contributed by atoms with Crippen LogP contribution in [0.2, 0.25) is 0 Å². The number of hydrogen-bond donors (Lipinski definition) is 0. The summed E-state index contributed by atoms with van der Waals surface area (Å²) < 4.78 is 10.3. The number of carbonyl (C=O) groups is 2. The number of carbonyl (C=O) groups excluding carboxylic acids is 2. The lowest BCUT2D eigenvalue weighted by atomic mass is 10.2. The summed E-state index contributed by atoms with van der Waals surface area (Å²) in [6, 6.07) is 11.2. The van der Waals surface area contributed by atoms with Gasteiger partial charge in [-0.25, -0.2) is 0 Å². The van der Waals surface area contributed by atoms with Gasteiger partial charge in [0.05, 0.1) is 13.2 Å². The molecule has 0 bridgehead atoms. The van der Waals surface area contributed by atoms with E-state index in [1.54, 1.807) is 17.9 Å². The predicted octanol–water partition coefficient (Wildman–Crippen LogP) is 1.48. The van der Waals surface area contributed by atoms with Gasteiger partial charge in [0.25, 0.3) is 5.91 Å². The third-order valence-electron chi connectivity index (χ3n) is 4.04. The molecule has 1 aromatic carbocycles. The van der Waals surface area contributed by atoms with Gasteiger partial charge in [0.1, 0.15) is 12.3 Å². The van der Waals surface area contributed by atoms with Crippen LogP contribution in [0, 0.1) is 6.92 Å². The summed E-state index contributed by atoms with van der Waals surface area (Å²) in [5.41, 5.74) is 1.16. The van der Waals surface area contributed by atoms with Gasteiger partial charge in [-0.1, -0.05) is 35.5 Å². The normalized spacial score (nSPS) is 14.4. The fourth-order valence-corrected chi connectivity index (χ4v) is 2.71. The fraction of sp³-hybridized carbons (Fsp3) is 0.389. The molecule has 25 heavy (non-hydrogen) atoms. The first-order valence-electron chi connectivity index (χ1n) is 8.25. The highest BCUT2D eigenvalue weighted by molar-refractivity contribution is 5.94. The van der Waals surface area contributed by atoms with Crippen LogP contribution >= 0.6 is 0 Å². The molecule has 0 unspecified atom stereocenters. The zero-order valence-corrected chi connectivity index (χ0v) is 14.2. The molecular formula is C18H21N3O4. The van der Waals surface area contributed by atoms with Crippen molar-refractivity contribution in [1.29, 1.82) is 0 Å². The molecule has 0 atom stereocenters. The number of aromatic nitrogens is 1. The molecule has 1 aromatic heterocycles. The van der Waals surface area contributed by atoms with E-state index in [1.165, 1.54) is 4.90 Å². The van der Waals surface area contributed by atoms with Crippen LogP contribution in [0.5, 0.6) is 0 Å². The average Bonchev–Trinajstić information content (AvgIpc) is 3.08. The number of aryl methyl sites for hydroxylation is 1.